The number of methoxy groups -OCH3 is 1. The molecule has 5 nitrogen and oxygen atoms in total. The average Bonchev–Trinajstić information content (AvgIpc) is 3.17. The van der Waals surface area contributed by atoms with Crippen LogP contribution in [-0.2, 0) is 0 Å². The Bertz CT molecular complexity index is 958. The van der Waals surface area contributed by atoms with Gasteiger partial charge in [0.25, 0.3) is 5.91 Å². The molecular formula is C21H21FN2O3S. The lowest BCUT2D eigenvalue weighted by atomic mass is 10.1. The van der Waals surface area contributed by atoms with E-state index in [4.69, 9.17) is 9.47 Å². The molecule has 3 aromatic rings. The Morgan fingerprint density at radius 1 is 1.25 bits per heavy atom. The van der Waals surface area contributed by atoms with Gasteiger partial charge in [-0.15, -0.1) is 11.3 Å². The summed E-state index contributed by atoms with van der Waals surface area (Å²) in [5.74, 6) is 0.101. The van der Waals surface area contributed by atoms with Crippen molar-refractivity contribution in [2.24, 2.45) is 0 Å². The molecule has 0 saturated carbocycles. The van der Waals surface area contributed by atoms with Crippen LogP contribution in [0.3, 0.4) is 0 Å². The van der Waals surface area contributed by atoms with Gasteiger partial charge < -0.3 is 9.47 Å². The smallest absolute Gasteiger partial charge is 0.257 e. The fourth-order valence-electron chi connectivity index (χ4n) is 2.52. The Balaban J connectivity index is 1.69. The van der Waals surface area contributed by atoms with Crippen molar-refractivity contribution in [3.63, 3.8) is 0 Å². The fourth-order valence-corrected chi connectivity index (χ4v) is 3.23. The lowest BCUT2D eigenvalue weighted by Gasteiger charge is -2.07. The molecule has 0 aliphatic heterocycles. The van der Waals surface area contributed by atoms with E-state index in [1.807, 2.05) is 6.07 Å². The zero-order valence-electron chi connectivity index (χ0n) is 15.7. The van der Waals surface area contributed by atoms with Crippen molar-refractivity contribution in [2.75, 3.05) is 19.0 Å². The standard InChI is InChI=1S/C21H21FN2O3S/c1-3-4-10-27-16-7-5-6-15(11-16)20(25)24-21-23-18(13-28-21)14-8-9-19(26-2)17(22)12-14/h5-9,11-13H,3-4,10H2,1-2H3,(H,23,24,25). The molecule has 0 spiro atoms. The number of rotatable bonds is 8. The predicted octanol–water partition coefficient (Wildman–Crippen LogP) is 5.39. The molecule has 7 heteroatoms. The van der Waals surface area contributed by atoms with Gasteiger partial charge in [0, 0.05) is 16.5 Å². The molecule has 0 fully saturated rings. The second kappa shape index (κ2) is 9.32. The molecule has 0 atom stereocenters. The summed E-state index contributed by atoms with van der Waals surface area (Å²) in [6.07, 6.45) is 2.01. The maximum atomic E-state index is 13.9. The number of hydrogen-bond acceptors (Lipinski definition) is 5. The first-order chi connectivity index (χ1) is 13.6. The highest BCUT2D eigenvalue weighted by atomic mass is 32.1. The molecule has 0 radical (unpaired) electrons. The molecule has 0 aliphatic carbocycles. The van der Waals surface area contributed by atoms with Gasteiger partial charge in [-0.3, -0.25) is 10.1 Å². The van der Waals surface area contributed by atoms with Crippen LogP contribution in [0.5, 0.6) is 11.5 Å². The quantitative estimate of drug-likeness (QED) is 0.515. The number of anilines is 1. The summed E-state index contributed by atoms with van der Waals surface area (Å²) in [7, 11) is 1.42. The third-order valence-electron chi connectivity index (χ3n) is 4.04. The molecule has 3 rings (SSSR count). The highest BCUT2D eigenvalue weighted by Crippen LogP contribution is 2.28. The lowest BCUT2D eigenvalue weighted by Crippen LogP contribution is -2.11. The molecule has 0 saturated heterocycles. The summed E-state index contributed by atoms with van der Waals surface area (Å²) in [4.78, 5) is 16.9. The Kier molecular flexibility index (Phi) is 6.60. The SMILES string of the molecule is CCCCOc1cccc(C(=O)Nc2nc(-c3ccc(OC)c(F)c3)cs2)c1. The van der Waals surface area contributed by atoms with Crippen LogP contribution in [0.2, 0.25) is 0 Å². The van der Waals surface area contributed by atoms with Crippen LogP contribution in [0.25, 0.3) is 11.3 Å². The highest BCUT2D eigenvalue weighted by molar-refractivity contribution is 7.14. The number of amides is 1. The van der Waals surface area contributed by atoms with Crippen molar-refractivity contribution in [3.8, 4) is 22.8 Å². The van der Waals surface area contributed by atoms with Gasteiger partial charge in [-0.2, -0.15) is 0 Å². The van der Waals surface area contributed by atoms with Crippen LogP contribution in [0.1, 0.15) is 30.1 Å². The summed E-state index contributed by atoms with van der Waals surface area (Å²) in [5.41, 5.74) is 1.68. The minimum atomic E-state index is -0.460. The number of carbonyl (C=O) groups is 1. The number of unbranched alkanes of at least 4 members (excludes halogenated alkanes) is 1. The van der Waals surface area contributed by atoms with E-state index in [1.165, 1.54) is 24.5 Å². The number of thiazole rings is 1. The number of ether oxygens (including phenoxy) is 2. The topological polar surface area (TPSA) is 60.5 Å². The van der Waals surface area contributed by atoms with E-state index < -0.39 is 5.82 Å². The third kappa shape index (κ3) is 4.86. The zero-order chi connectivity index (χ0) is 19.9. The Hall–Kier alpha value is -2.93. The maximum Gasteiger partial charge on any atom is 0.257 e. The first-order valence-electron chi connectivity index (χ1n) is 8.94. The summed E-state index contributed by atoms with van der Waals surface area (Å²) in [5, 5.41) is 4.98. The molecular weight excluding hydrogens is 379 g/mol. The van der Waals surface area contributed by atoms with Crippen LogP contribution >= 0.6 is 11.3 Å². The maximum absolute atomic E-state index is 13.9. The molecule has 1 N–H and O–H groups in total. The van der Waals surface area contributed by atoms with Gasteiger partial charge in [-0.05, 0) is 42.8 Å². The highest BCUT2D eigenvalue weighted by Gasteiger charge is 2.12. The number of nitrogens with zero attached hydrogens (tertiary/aromatic N) is 1. The van der Waals surface area contributed by atoms with Gasteiger partial charge in [0.2, 0.25) is 0 Å². The first-order valence-corrected chi connectivity index (χ1v) is 9.82. The number of carbonyl (C=O) groups excluding carboxylic acids is 1. The molecule has 28 heavy (non-hydrogen) atoms. The van der Waals surface area contributed by atoms with Crippen molar-refractivity contribution in [1.82, 2.24) is 4.98 Å². The number of hydrogen-bond donors (Lipinski definition) is 1. The number of nitrogens with one attached hydrogen (secondary N) is 1. The lowest BCUT2D eigenvalue weighted by molar-refractivity contribution is 0.102. The number of halogens is 1. The molecule has 1 heterocycles. The molecule has 1 aromatic heterocycles. The van der Waals surface area contributed by atoms with E-state index in [1.54, 1.807) is 35.7 Å². The molecule has 0 unspecified atom stereocenters. The summed E-state index contributed by atoms with van der Waals surface area (Å²) in [6.45, 7) is 2.71. The Morgan fingerprint density at radius 2 is 2.11 bits per heavy atom. The van der Waals surface area contributed by atoms with Crippen molar-refractivity contribution in [3.05, 3.63) is 59.2 Å². The van der Waals surface area contributed by atoms with E-state index in [0.29, 0.717) is 34.3 Å². The van der Waals surface area contributed by atoms with E-state index in [2.05, 4.69) is 17.2 Å². The summed E-state index contributed by atoms with van der Waals surface area (Å²) in [6, 6.07) is 11.7. The summed E-state index contributed by atoms with van der Waals surface area (Å²) >= 11 is 1.28. The fraction of sp³-hybridized carbons (Fsp3) is 0.238. The minimum absolute atomic E-state index is 0.175. The van der Waals surface area contributed by atoms with Crippen LogP contribution < -0.4 is 14.8 Å². The normalized spacial score (nSPS) is 10.5. The molecule has 2 aromatic carbocycles. The van der Waals surface area contributed by atoms with Gasteiger partial charge in [-0.25, -0.2) is 9.37 Å². The van der Waals surface area contributed by atoms with Crippen LogP contribution in [0.4, 0.5) is 9.52 Å². The van der Waals surface area contributed by atoms with Gasteiger partial charge in [-0.1, -0.05) is 19.4 Å². The van der Waals surface area contributed by atoms with E-state index in [0.717, 1.165) is 12.8 Å². The number of benzene rings is 2. The zero-order valence-corrected chi connectivity index (χ0v) is 16.5. The third-order valence-corrected chi connectivity index (χ3v) is 4.79. The van der Waals surface area contributed by atoms with Gasteiger partial charge >= 0.3 is 0 Å². The van der Waals surface area contributed by atoms with Crippen molar-refractivity contribution in [2.45, 2.75) is 19.8 Å². The first kappa shape index (κ1) is 19.8. The Morgan fingerprint density at radius 3 is 2.86 bits per heavy atom. The largest absolute Gasteiger partial charge is 0.494 e. The van der Waals surface area contributed by atoms with Crippen molar-refractivity contribution < 1.29 is 18.7 Å². The molecule has 0 aliphatic rings. The van der Waals surface area contributed by atoms with Crippen molar-refractivity contribution in [1.29, 1.82) is 0 Å². The molecule has 146 valence electrons. The summed E-state index contributed by atoms with van der Waals surface area (Å²) < 4.78 is 24.5. The van der Waals surface area contributed by atoms with Crippen LogP contribution in [0, 0.1) is 5.82 Å². The number of aromatic nitrogens is 1. The molecule has 0 bridgehead atoms. The van der Waals surface area contributed by atoms with Gasteiger partial charge in [0.05, 0.1) is 19.4 Å². The minimum Gasteiger partial charge on any atom is -0.494 e. The van der Waals surface area contributed by atoms with E-state index >= 15 is 0 Å². The second-order valence-electron chi connectivity index (χ2n) is 6.07. The second-order valence-corrected chi connectivity index (χ2v) is 6.93. The van der Waals surface area contributed by atoms with E-state index in [9.17, 15) is 9.18 Å². The monoisotopic (exact) mass is 400 g/mol. The van der Waals surface area contributed by atoms with Crippen LogP contribution in [0.15, 0.2) is 47.8 Å². The van der Waals surface area contributed by atoms with Crippen LogP contribution in [-0.4, -0.2) is 24.6 Å². The van der Waals surface area contributed by atoms with Crippen molar-refractivity contribution >= 4 is 22.4 Å². The molecule has 1 amide bonds. The average molecular weight is 400 g/mol. The van der Waals surface area contributed by atoms with Gasteiger partial charge in [0.1, 0.15) is 5.75 Å². The van der Waals surface area contributed by atoms with E-state index in [-0.39, 0.29) is 11.7 Å². The Labute approximate surface area is 167 Å². The predicted molar refractivity (Wildman–Crippen MR) is 109 cm³/mol. The van der Waals surface area contributed by atoms with Gasteiger partial charge in [0.15, 0.2) is 16.7 Å².